The maximum Gasteiger partial charge on any atom is 0.338 e. The molecule has 0 radical (unpaired) electrons. The Labute approximate surface area is 87.5 Å². The second-order valence-corrected chi connectivity index (χ2v) is 3.70. The van der Waals surface area contributed by atoms with Crippen molar-refractivity contribution >= 4 is 33.5 Å². The van der Waals surface area contributed by atoms with Gasteiger partial charge in [-0.2, -0.15) is 0 Å². The van der Waals surface area contributed by atoms with Crippen LogP contribution in [0.2, 0.25) is 5.02 Å². The van der Waals surface area contributed by atoms with Crippen molar-refractivity contribution in [1.29, 1.82) is 0 Å². The molecule has 1 N–H and O–H groups in total. The zero-order chi connectivity index (χ0) is 10.2. The second kappa shape index (κ2) is 3.64. The normalized spacial score (nSPS) is 10.2. The average Bonchev–Trinajstić information content (AvgIpc) is 2.07. The summed E-state index contributed by atoms with van der Waals surface area (Å²) in [5.41, 5.74) is -0.248. The third-order valence-electron chi connectivity index (χ3n) is 1.61. The van der Waals surface area contributed by atoms with Gasteiger partial charge in [-0.3, -0.25) is 0 Å². The average molecular weight is 267 g/mol. The van der Waals surface area contributed by atoms with E-state index < -0.39 is 11.8 Å². The van der Waals surface area contributed by atoms with Gasteiger partial charge in [0.1, 0.15) is 5.82 Å². The molecule has 0 bridgehead atoms. The van der Waals surface area contributed by atoms with E-state index in [-0.39, 0.29) is 16.1 Å². The third kappa shape index (κ3) is 1.84. The van der Waals surface area contributed by atoms with Gasteiger partial charge in [-0.15, -0.1) is 0 Å². The smallest absolute Gasteiger partial charge is 0.338 e. The first-order valence-corrected chi connectivity index (χ1v) is 4.49. The highest BCUT2D eigenvalue weighted by Gasteiger charge is 2.16. The molecule has 0 amide bonds. The van der Waals surface area contributed by atoms with Crippen LogP contribution >= 0.6 is 27.5 Å². The molecule has 0 aliphatic heterocycles. The maximum atomic E-state index is 13.2. The van der Waals surface area contributed by atoms with Crippen molar-refractivity contribution in [3.05, 3.63) is 32.5 Å². The zero-order valence-electron chi connectivity index (χ0n) is 6.57. The van der Waals surface area contributed by atoms with Gasteiger partial charge >= 0.3 is 5.97 Å². The number of rotatable bonds is 1. The molecule has 0 atom stereocenters. The van der Waals surface area contributed by atoms with Crippen LogP contribution in [0.3, 0.4) is 0 Å². The molecule has 0 saturated heterocycles. The van der Waals surface area contributed by atoms with Crippen LogP contribution in [0.15, 0.2) is 10.5 Å². The van der Waals surface area contributed by atoms with Crippen molar-refractivity contribution < 1.29 is 14.3 Å². The van der Waals surface area contributed by atoms with Crippen molar-refractivity contribution in [2.24, 2.45) is 0 Å². The van der Waals surface area contributed by atoms with Crippen molar-refractivity contribution in [3.8, 4) is 0 Å². The van der Waals surface area contributed by atoms with Gasteiger partial charge in [0.2, 0.25) is 0 Å². The van der Waals surface area contributed by atoms with E-state index in [4.69, 9.17) is 16.7 Å². The number of carboxylic acid groups (broad SMARTS) is 1. The predicted molar refractivity (Wildman–Crippen MR) is 50.8 cm³/mol. The van der Waals surface area contributed by atoms with E-state index in [0.29, 0.717) is 4.47 Å². The number of hydrogen-bond donors (Lipinski definition) is 1. The molecule has 0 aliphatic carbocycles. The molecule has 0 spiro atoms. The van der Waals surface area contributed by atoms with Gasteiger partial charge in [0.25, 0.3) is 0 Å². The van der Waals surface area contributed by atoms with Gasteiger partial charge in [0, 0.05) is 10.0 Å². The Morgan fingerprint density at radius 1 is 1.69 bits per heavy atom. The van der Waals surface area contributed by atoms with Gasteiger partial charge in [-0.1, -0.05) is 11.6 Å². The summed E-state index contributed by atoms with van der Waals surface area (Å²) in [6.07, 6.45) is 0. The summed E-state index contributed by atoms with van der Waals surface area (Å²) in [6, 6.07) is 1.15. The molecule has 13 heavy (non-hydrogen) atoms. The Hall–Kier alpha value is -0.610. The van der Waals surface area contributed by atoms with Crippen LogP contribution in [0.1, 0.15) is 15.9 Å². The molecule has 2 nitrogen and oxygen atoms in total. The highest BCUT2D eigenvalue weighted by atomic mass is 79.9. The minimum Gasteiger partial charge on any atom is -0.478 e. The zero-order valence-corrected chi connectivity index (χ0v) is 8.91. The van der Waals surface area contributed by atoms with Crippen LogP contribution in [0, 0.1) is 12.7 Å². The summed E-state index contributed by atoms with van der Waals surface area (Å²) < 4.78 is 13.6. The molecule has 0 saturated carbocycles. The fourth-order valence-electron chi connectivity index (χ4n) is 0.887. The predicted octanol–water partition coefficient (Wildman–Crippen LogP) is 3.25. The molecule has 0 heterocycles. The summed E-state index contributed by atoms with van der Waals surface area (Å²) in [6.45, 7) is 1.43. The lowest BCUT2D eigenvalue weighted by atomic mass is 10.1. The van der Waals surface area contributed by atoms with Crippen molar-refractivity contribution in [1.82, 2.24) is 0 Å². The lowest BCUT2D eigenvalue weighted by Gasteiger charge is -2.05. The number of benzene rings is 1. The topological polar surface area (TPSA) is 37.3 Å². The highest BCUT2D eigenvalue weighted by molar-refractivity contribution is 9.10. The monoisotopic (exact) mass is 266 g/mol. The molecular weight excluding hydrogens is 262 g/mol. The molecular formula is C8H5BrClFO2. The number of hydrogen-bond acceptors (Lipinski definition) is 1. The van der Waals surface area contributed by atoms with E-state index in [0.717, 1.165) is 6.07 Å². The summed E-state index contributed by atoms with van der Waals surface area (Å²) in [5, 5.41) is 8.80. The molecule has 0 unspecified atom stereocenters. The van der Waals surface area contributed by atoms with Crippen LogP contribution in [-0.4, -0.2) is 11.1 Å². The van der Waals surface area contributed by atoms with Gasteiger partial charge in [-0.25, -0.2) is 9.18 Å². The quantitative estimate of drug-likeness (QED) is 0.793. The van der Waals surface area contributed by atoms with Crippen LogP contribution < -0.4 is 0 Å². The van der Waals surface area contributed by atoms with E-state index in [1.54, 1.807) is 0 Å². The van der Waals surface area contributed by atoms with Crippen LogP contribution in [0.4, 0.5) is 4.39 Å². The standard InChI is InChI=1S/C8H5BrClFO2/c1-3-6(10)5(9)2-4(7(3)11)8(12)13/h2H,1H3,(H,12,13). The Bertz CT molecular complexity index is 379. The SMILES string of the molecule is Cc1c(F)c(C(=O)O)cc(Br)c1Cl. The Morgan fingerprint density at radius 3 is 2.69 bits per heavy atom. The Balaban J connectivity index is 3.50. The van der Waals surface area contributed by atoms with E-state index in [2.05, 4.69) is 15.9 Å². The minimum atomic E-state index is -1.31. The lowest BCUT2D eigenvalue weighted by molar-refractivity contribution is 0.0691. The molecule has 0 aromatic heterocycles. The summed E-state index contributed by atoms with van der Waals surface area (Å²) in [4.78, 5) is 10.5. The highest BCUT2D eigenvalue weighted by Crippen LogP contribution is 2.30. The number of carboxylic acids is 1. The van der Waals surface area contributed by atoms with Gasteiger partial charge < -0.3 is 5.11 Å². The van der Waals surface area contributed by atoms with Gasteiger partial charge in [-0.05, 0) is 28.9 Å². The number of aromatic carboxylic acids is 1. The summed E-state index contributed by atoms with van der Waals surface area (Å²) >= 11 is 8.72. The van der Waals surface area contributed by atoms with Crippen molar-refractivity contribution in [2.75, 3.05) is 0 Å². The largest absolute Gasteiger partial charge is 0.478 e. The van der Waals surface area contributed by atoms with Crippen molar-refractivity contribution in [3.63, 3.8) is 0 Å². The lowest BCUT2D eigenvalue weighted by Crippen LogP contribution is -2.02. The minimum absolute atomic E-state index is 0.133. The first-order chi connectivity index (χ1) is 5.95. The molecule has 1 rings (SSSR count). The number of halogens is 3. The second-order valence-electron chi connectivity index (χ2n) is 2.46. The molecule has 1 aromatic carbocycles. The first kappa shape index (κ1) is 10.5. The van der Waals surface area contributed by atoms with E-state index in [1.807, 2.05) is 0 Å². The summed E-state index contributed by atoms with van der Waals surface area (Å²) in [7, 11) is 0. The van der Waals surface area contributed by atoms with Crippen LogP contribution in [-0.2, 0) is 0 Å². The molecule has 70 valence electrons. The molecule has 0 fully saturated rings. The maximum absolute atomic E-state index is 13.2. The van der Waals surface area contributed by atoms with Crippen LogP contribution in [0.25, 0.3) is 0 Å². The molecule has 5 heteroatoms. The Kier molecular flexibility index (Phi) is 2.93. The molecule has 1 aromatic rings. The number of carbonyl (C=O) groups is 1. The van der Waals surface area contributed by atoms with Crippen LogP contribution in [0.5, 0.6) is 0 Å². The Morgan fingerprint density at radius 2 is 2.23 bits per heavy atom. The first-order valence-electron chi connectivity index (χ1n) is 3.32. The fourth-order valence-corrected chi connectivity index (χ4v) is 1.55. The molecule has 0 aliphatic rings. The third-order valence-corrected chi connectivity index (χ3v) is 2.95. The summed E-state index contributed by atoms with van der Waals surface area (Å²) in [5.74, 6) is -2.10. The van der Waals surface area contributed by atoms with E-state index >= 15 is 0 Å². The van der Waals surface area contributed by atoms with Crippen molar-refractivity contribution in [2.45, 2.75) is 6.92 Å². The van der Waals surface area contributed by atoms with Gasteiger partial charge in [0.05, 0.1) is 10.6 Å². The van der Waals surface area contributed by atoms with E-state index in [1.165, 1.54) is 6.92 Å². The van der Waals surface area contributed by atoms with E-state index in [9.17, 15) is 9.18 Å². The fraction of sp³-hybridized carbons (Fsp3) is 0.125. The van der Waals surface area contributed by atoms with Gasteiger partial charge in [0.15, 0.2) is 0 Å².